The topological polar surface area (TPSA) is 82.5 Å². The second-order valence-corrected chi connectivity index (χ2v) is 6.75. The maximum Gasteiger partial charge on any atom is 0.271 e. The van der Waals surface area contributed by atoms with Crippen LogP contribution in [0.3, 0.4) is 0 Å². The normalized spacial score (nSPS) is 20.3. The SMILES string of the molecule is CN(C)CCNC(=O)c1cc2n(n1)CCN(C(=O)[C@@H]1CCNC1)C2. The molecule has 0 aliphatic carbocycles. The highest BCUT2D eigenvalue weighted by atomic mass is 16.2. The predicted octanol–water partition coefficient (Wildman–Crippen LogP) is -0.874. The molecule has 0 aromatic carbocycles. The fraction of sp³-hybridized carbons (Fsp3) is 0.688. The molecule has 0 unspecified atom stereocenters. The fourth-order valence-electron chi connectivity index (χ4n) is 3.17. The van der Waals surface area contributed by atoms with Gasteiger partial charge in [0.25, 0.3) is 5.91 Å². The molecule has 2 aliphatic heterocycles. The average Bonchev–Trinajstić information content (AvgIpc) is 3.22. The van der Waals surface area contributed by atoms with Crippen LogP contribution < -0.4 is 10.6 Å². The van der Waals surface area contributed by atoms with Crippen LogP contribution in [0.25, 0.3) is 0 Å². The summed E-state index contributed by atoms with van der Waals surface area (Å²) in [6, 6.07) is 1.80. The Bertz CT molecular complexity index is 606. The van der Waals surface area contributed by atoms with E-state index in [1.807, 2.05) is 28.6 Å². The summed E-state index contributed by atoms with van der Waals surface area (Å²) in [6.45, 7) is 4.91. The van der Waals surface area contributed by atoms with E-state index in [4.69, 9.17) is 0 Å². The molecule has 3 heterocycles. The highest BCUT2D eigenvalue weighted by Crippen LogP contribution is 2.18. The number of nitrogens with one attached hydrogen (secondary N) is 2. The molecule has 1 atom stereocenters. The van der Waals surface area contributed by atoms with Crippen molar-refractivity contribution in [1.29, 1.82) is 0 Å². The van der Waals surface area contributed by atoms with Gasteiger partial charge in [0, 0.05) is 26.2 Å². The molecule has 1 fully saturated rings. The number of fused-ring (bicyclic) bond motifs is 1. The van der Waals surface area contributed by atoms with Crippen molar-refractivity contribution in [3.05, 3.63) is 17.5 Å². The predicted molar refractivity (Wildman–Crippen MR) is 89.5 cm³/mol. The zero-order chi connectivity index (χ0) is 17.1. The minimum Gasteiger partial charge on any atom is -0.349 e. The molecule has 0 spiro atoms. The summed E-state index contributed by atoms with van der Waals surface area (Å²) in [4.78, 5) is 28.6. The van der Waals surface area contributed by atoms with Crippen molar-refractivity contribution in [2.75, 3.05) is 46.8 Å². The van der Waals surface area contributed by atoms with Crippen molar-refractivity contribution >= 4 is 11.8 Å². The summed E-state index contributed by atoms with van der Waals surface area (Å²) in [5.74, 6) is 0.148. The highest BCUT2D eigenvalue weighted by Gasteiger charge is 2.30. The number of aromatic nitrogens is 2. The van der Waals surface area contributed by atoms with Gasteiger partial charge in [0.2, 0.25) is 5.91 Å². The summed E-state index contributed by atoms with van der Waals surface area (Å²) in [7, 11) is 3.93. The summed E-state index contributed by atoms with van der Waals surface area (Å²) in [5.41, 5.74) is 1.36. The van der Waals surface area contributed by atoms with E-state index in [0.29, 0.717) is 31.9 Å². The Labute approximate surface area is 142 Å². The van der Waals surface area contributed by atoms with Crippen LogP contribution in [0.15, 0.2) is 6.07 Å². The van der Waals surface area contributed by atoms with Gasteiger partial charge in [-0.2, -0.15) is 5.10 Å². The van der Waals surface area contributed by atoms with Gasteiger partial charge in [-0.05, 0) is 33.1 Å². The van der Waals surface area contributed by atoms with Crippen LogP contribution in [-0.4, -0.2) is 78.2 Å². The van der Waals surface area contributed by atoms with E-state index in [0.717, 1.165) is 31.7 Å². The van der Waals surface area contributed by atoms with Gasteiger partial charge < -0.3 is 20.4 Å². The number of rotatable bonds is 5. The Hall–Kier alpha value is -1.93. The van der Waals surface area contributed by atoms with Gasteiger partial charge in [-0.15, -0.1) is 0 Å². The van der Waals surface area contributed by atoms with Gasteiger partial charge >= 0.3 is 0 Å². The molecular weight excluding hydrogens is 308 g/mol. The number of nitrogens with zero attached hydrogens (tertiary/aromatic N) is 4. The average molecular weight is 334 g/mol. The van der Waals surface area contributed by atoms with Gasteiger partial charge in [0.05, 0.1) is 24.7 Å². The summed E-state index contributed by atoms with van der Waals surface area (Å²) < 4.78 is 1.84. The quantitative estimate of drug-likeness (QED) is 0.731. The zero-order valence-corrected chi connectivity index (χ0v) is 14.4. The van der Waals surface area contributed by atoms with Crippen molar-refractivity contribution in [3.8, 4) is 0 Å². The molecule has 8 nitrogen and oxygen atoms in total. The number of carbonyl (C=O) groups is 2. The summed E-state index contributed by atoms with van der Waals surface area (Å²) in [6.07, 6.45) is 0.911. The van der Waals surface area contributed by atoms with Crippen LogP contribution in [0, 0.1) is 5.92 Å². The van der Waals surface area contributed by atoms with E-state index in [-0.39, 0.29) is 17.7 Å². The summed E-state index contributed by atoms with van der Waals surface area (Å²) >= 11 is 0. The van der Waals surface area contributed by atoms with Crippen molar-refractivity contribution in [2.24, 2.45) is 5.92 Å². The molecule has 2 N–H and O–H groups in total. The van der Waals surface area contributed by atoms with E-state index < -0.39 is 0 Å². The zero-order valence-electron chi connectivity index (χ0n) is 14.4. The van der Waals surface area contributed by atoms with Crippen molar-refractivity contribution in [3.63, 3.8) is 0 Å². The smallest absolute Gasteiger partial charge is 0.271 e. The Morgan fingerprint density at radius 3 is 2.96 bits per heavy atom. The Morgan fingerprint density at radius 1 is 1.42 bits per heavy atom. The van der Waals surface area contributed by atoms with Crippen LogP contribution in [0.1, 0.15) is 22.6 Å². The lowest BCUT2D eigenvalue weighted by molar-refractivity contribution is -0.136. The number of likely N-dealkylation sites (N-methyl/N-ethyl adjacent to an activating group) is 1. The molecule has 2 aliphatic rings. The van der Waals surface area contributed by atoms with Gasteiger partial charge in [-0.25, -0.2) is 0 Å². The van der Waals surface area contributed by atoms with Crippen LogP contribution in [0.5, 0.6) is 0 Å². The molecule has 0 bridgehead atoms. The van der Waals surface area contributed by atoms with Gasteiger partial charge in [-0.1, -0.05) is 0 Å². The molecule has 1 aromatic heterocycles. The largest absolute Gasteiger partial charge is 0.349 e. The molecule has 2 amide bonds. The molecule has 24 heavy (non-hydrogen) atoms. The third-order valence-corrected chi connectivity index (χ3v) is 4.60. The molecule has 0 radical (unpaired) electrons. The van der Waals surface area contributed by atoms with Crippen LogP contribution >= 0.6 is 0 Å². The first-order valence-corrected chi connectivity index (χ1v) is 8.54. The molecule has 3 rings (SSSR count). The van der Waals surface area contributed by atoms with Crippen molar-refractivity contribution in [1.82, 2.24) is 30.2 Å². The Kier molecular flexibility index (Phi) is 5.15. The first-order chi connectivity index (χ1) is 11.5. The lowest BCUT2D eigenvalue weighted by Gasteiger charge is -2.29. The number of carbonyl (C=O) groups excluding carboxylic acids is 2. The molecule has 1 aromatic rings. The van der Waals surface area contributed by atoms with Crippen molar-refractivity contribution in [2.45, 2.75) is 19.5 Å². The third kappa shape index (κ3) is 3.76. The maximum absolute atomic E-state index is 12.5. The Morgan fingerprint density at radius 2 is 2.25 bits per heavy atom. The van der Waals surface area contributed by atoms with E-state index in [2.05, 4.69) is 15.7 Å². The van der Waals surface area contributed by atoms with Crippen LogP contribution in [-0.2, 0) is 17.9 Å². The second kappa shape index (κ2) is 7.31. The maximum atomic E-state index is 12.5. The van der Waals surface area contributed by atoms with Gasteiger partial charge in [0.1, 0.15) is 0 Å². The molecule has 132 valence electrons. The van der Waals surface area contributed by atoms with Gasteiger partial charge in [-0.3, -0.25) is 14.3 Å². The molecule has 8 heteroatoms. The standard InChI is InChI=1S/C16H26N6O2/c1-20(2)6-5-18-15(23)14-9-13-11-21(7-8-22(13)19-14)16(24)12-3-4-17-10-12/h9,12,17H,3-8,10-11H2,1-2H3,(H,18,23)/t12-/m1/s1. The number of hydrogen-bond acceptors (Lipinski definition) is 5. The Balaban J connectivity index is 1.59. The highest BCUT2D eigenvalue weighted by molar-refractivity contribution is 5.92. The van der Waals surface area contributed by atoms with E-state index in [1.165, 1.54) is 0 Å². The van der Waals surface area contributed by atoms with Crippen molar-refractivity contribution < 1.29 is 9.59 Å². The molecule has 0 saturated carbocycles. The lowest BCUT2D eigenvalue weighted by atomic mass is 10.1. The molecular formula is C16H26N6O2. The fourth-order valence-corrected chi connectivity index (χ4v) is 3.17. The van der Waals surface area contributed by atoms with Crippen LogP contribution in [0.2, 0.25) is 0 Å². The first kappa shape index (κ1) is 16.9. The first-order valence-electron chi connectivity index (χ1n) is 8.54. The number of amides is 2. The lowest BCUT2D eigenvalue weighted by Crippen LogP contribution is -2.42. The number of hydrogen-bond donors (Lipinski definition) is 2. The molecule has 1 saturated heterocycles. The minimum absolute atomic E-state index is 0.0910. The van der Waals surface area contributed by atoms with E-state index in [9.17, 15) is 9.59 Å². The van der Waals surface area contributed by atoms with E-state index in [1.54, 1.807) is 6.07 Å². The minimum atomic E-state index is -0.156. The van der Waals surface area contributed by atoms with Gasteiger partial charge in [0.15, 0.2) is 5.69 Å². The monoisotopic (exact) mass is 334 g/mol. The third-order valence-electron chi connectivity index (χ3n) is 4.60. The van der Waals surface area contributed by atoms with Crippen LogP contribution in [0.4, 0.5) is 0 Å². The second-order valence-electron chi connectivity index (χ2n) is 6.75. The van der Waals surface area contributed by atoms with E-state index >= 15 is 0 Å². The summed E-state index contributed by atoms with van der Waals surface area (Å²) in [5, 5.41) is 10.5.